The second-order valence-corrected chi connectivity index (χ2v) is 3.37. The molecule has 0 aromatic carbocycles. The van der Waals surface area contributed by atoms with Gasteiger partial charge in [-0.1, -0.05) is 6.92 Å². The van der Waals surface area contributed by atoms with Crippen molar-refractivity contribution in [2.45, 2.75) is 32.5 Å². The standard InChI is InChI=1S/C9H15N3O2/c1-2-8-11-12-9(14-8)6-13-7-3-4-10-5-7/h7,10H,2-6H2,1H3. The average Bonchev–Trinajstić information content (AvgIpc) is 2.86. The summed E-state index contributed by atoms with van der Waals surface area (Å²) in [5.74, 6) is 1.25. The number of ether oxygens (including phenoxy) is 1. The summed E-state index contributed by atoms with van der Waals surface area (Å²) in [7, 11) is 0. The maximum absolute atomic E-state index is 5.59. The third-order valence-corrected chi connectivity index (χ3v) is 2.27. The lowest BCUT2D eigenvalue weighted by molar-refractivity contribution is 0.0406. The molecule has 1 atom stereocenters. The van der Waals surface area contributed by atoms with E-state index in [9.17, 15) is 0 Å². The van der Waals surface area contributed by atoms with E-state index in [1.165, 1.54) is 0 Å². The number of hydrogen-bond acceptors (Lipinski definition) is 5. The highest BCUT2D eigenvalue weighted by Gasteiger charge is 2.15. The minimum absolute atomic E-state index is 0.298. The quantitative estimate of drug-likeness (QED) is 0.762. The molecule has 0 spiro atoms. The van der Waals surface area contributed by atoms with Gasteiger partial charge in [-0.3, -0.25) is 0 Å². The fourth-order valence-corrected chi connectivity index (χ4v) is 1.45. The zero-order valence-corrected chi connectivity index (χ0v) is 8.32. The second-order valence-electron chi connectivity index (χ2n) is 3.37. The van der Waals surface area contributed by atoms with Crippen molar-refractivity contribution in [3.05, 3.63) is 11.8 Å². The topological polar surface area (TPSA) is 60.2 Å². The molecule has 0 bridgehead atoms. The van der Waals surface area contributed by atoms with E-state index in [4.69, 9.17) is 9.15 Å². The Balaban J connectivity index is 1.79. The Morgan fingerprint density at radius 3 is 3.00 bits per heavy atom. The molecule has 14 heavy (non-hydrogen) atoms. The first-order chi connectivity index (χ1) is 6.88. The van der Waals surface area contributed by atoms with E-state index < -0.39 is 0 Å². The number of aryl methyl sites for hydroxylation is 1. The Hall–Kier alpha value is -0.940. The van der Waals surface area contributed by atoms with E-state index in [0.717, 1.165) is 25.9 Å². The molecule has 1 aliphatic heterocycles. The van der Waals surface area contributed by atoms with Crippen molar-refractivity contribution in [1.82, 2.24) is 15.5 Å². The van der Waals surface area contributed by atoms with Crippen molar-refractivity contribution in [1.29, 1.82) is 0 Å². The lowest BCUT2D eigenvalue weighted by Crippen LogP contribution is -2.16. The van der Waals surface area contributed by atoms with Crippen LogP contribution in [-0.2, 0) is 17.8 Å². The molecule has 1 N–H and O–H groups in total. The van der Waals surface area contributed by atoms with Gasteiger partial charge >= 0.3 is 0 Å². The van der Waals surface area contributed by atoms with Crippen molar-refractivity contribution in [3.8, 4) is 0 Å². The van der Waals surface area contributed by atoms with Crippen molar-refractivity contribution in [2.75, 3.05) is 13.1 Å². The molecule has 5 nitrogen and oxygen atoms in total. The van der Waals surface area contributed by atoms with E-state index in [2.05, 4.69) is 15.5 Å². The third-order valence-electron chi connectivity index (χ3n) is 2.27. The Morgan fingerprint density at radius 1 is 1.50 bits per heavy atom. The Bertz CT molecular complexity index is 281. The van der Waals surface area contributed by atoms with Crippen molar-refractivity contribution in [2.24, 2.45) is 0 Å². The number of rotatable bonds is 4. The molecule has 1 aromatic heterocycles. The van der Waals surface area contributed by atoms with Crippen molar-refractivity contribution < 1.29 is 9.15 Å². The van der Waals surface area contributed by atoms with Gasteiger partial charge in [0.05, 0.1) is 6.10 Å². The average molecular weight is 197 g/mol. The number of aromatic nitrogens is 2. The first kappa shape index (κ1) is 9.61. The summed E-state index contributed by atoms with van der Waals surface area (Å²) in [5.41, 5.74) is 0. The predicted molar refractivity (Wildman–Crippen MR) is 49.7 cm³/mol. The third kappa shape index (κ3) is 2.30. The van der Waals surface area contributed by atoms with Crippen LogP contribution in [0.25, 0.3) is 0 Å². The van der Waals surface area contributed by atoms with Crippen LogP contribution in [0.5, 0.6) is 0 Å². The molecular weight excluding hydrogens is 182 g/mol. The van der Waals surface area contributed by atoms with Crippen LogP contribution < -0.4 is 5.32 Å². The van der Waals surface area contributed by atoms with Crippen LogP contribution in [0.3, 0.4) is 0 Å². The zero-order chi connectivity index (χ0) is 9.80. The molecule has 0 aliphatic carbocycles. The SMILES string of the molecule is CCc1nnc(COC2CCNC2)o1. The van der Waals surface area contributed by atoms with Gasteiger partial charge in [-0.15, -0.1) is 10.2 Å². The summed E-state index contributed by atoms with van der Waals surface area (Å²) in [5, 5.41) is 11.0. The summed E-state index contributed by atoms with van der Waals surface area (Å²) in [6.45, 7) is 4.38. The maximum Gasteiger partial charge on any atom is 0.242 e. The molecular formula is C9H15N3O2. The molecule has 2 heterocycles. The van der Waals surface area contributed by atoms with E-state index in [1.54, 1.807) is 0 Å². The highest BCUT2D eigenvalue weighted by molar-refractivity contribution is 4.80. The molecule has 0 radical (unpaired) electrons. The fraction of sp³-hybridized carbons (Fsp3) is 0.778. The Labute approximate surface area is 82.8 Å². The minimum Gasteiger partial charge on any atom is -0.423 e. The summed E-state index contributed by atoms with van der Waals surface area (Å²) in [6, 6.07) is 0. The van der Waals surface area contributed by atoms with Crippen LogP contribution in [0.4, 0.5) is 0 Å². The summed E-state index contributed by atoms with van der Waals surface area (Å²) in [6.07, 6.45) is 2.14. The molecule has 2 rings (SSSR count). The largest absolute Gasteiger partial charge is 0.423 e. The summed E-state index contributed by atoms with van der Waals surface area (Å²) >= 11 is 0. The fourth-order valence-electron chi connectivity index (χ4n) is 1.45. The van der Waals surface area contributed by atoms with Crippen molar-refractivity contribution >= 4 is 0 Å². The Morgan fingerprint density at radius 2 is 2.36 bits per heavy atom. The number of nitrogens with zero attached hydrogens (tertiary/aromatic N) is 2. The van der Waals surface area contributed by atoms with Gasteiger partial charge in [0.25, 0.3) is 0 Å². The van der Waals surface area contributed by atoms with Gasteiger partial charge in [-0.25, -0.2) is 0 Å². The molecule has 1 unspecified atom stereocenters. The van der Waals surface area contributed by atoms with Gasteiger partial charge in [0, 0.05) is 13.0 Å². The monoisotopic (exact) mass is 197 g/mol. The highest BCUT2D eigenvalue weighted by atomic mass is 16.5. The molecule has 0 saturated carbocycles. The zero-order valence-electron chi connectivity index (χ0n) is 8.32. The summed E-state index contributed by atoms with van der Waals surface area (Å²) in [4.78, 5) is 0. The lowest BCUT2D eigenvalue weighted by Gasteiger charge is -2.06. The number of nitrogens with one attached hydrogen (secondary N) is 1. The predicted octanol–water partition coefficient (Wildman–Crippen LogP) is 0.510. The van der Waals surface area contributed by atoms with Gasteiger partial charge in [-0.2, -0.15) is 0 Å². The molecule has 5 heteroatoms. The minimum atomic E-state index is 0.298. The molecule has 1 fully saturated rings. The van der Waals surface area contributed by atoms with Crippen LogP contribution in [0.15, 0.2) is 4.42 Å². The van der Waals surface area contributed by atoms with Crippen molar-refractivity contribution in [3.63, 3.8) is 0 Å². The molecule has 1 saturated heterocycles. The van der Waals surface area contributed by atoms with Crippen LogP contribution in [0, 0.1) is 0 Å². The highest BCUT2D eigenvalue weighted by Crippen LogP contribution is 2.07. The van der Waals surface area contributed by atoms with Gasteiger partial charge < -0.3 is 14.5 Å². The van der Waals surface area contributed by atoms with Gasteiger partial charge in [0.1, 0.15) is 6.61 Å². The van der Waals surface area contributed by atoms with E-state index >= 15 is 0 Å². The van der Waals surface area contributed by atoms with Gasteiger partial charge in [0.15, 0.2) is 0 Å². The number of hydrogen-bond donors (Lipinski definition) is 1. The van der Waals surface area contributed by atoms with E-state index in [1.807, 2.05) is 6.92 Å². The van der Waals surface area contributed by atoms with Crippen LogP contribution in [0.1, 0.15) is 25.1 Å². The summed E-state index contributed by atoms with van der Waals surface area (Å²) < 4.78 is 10.9. The van der Waals surface area contributed by atoms with Crippen LogP contribution >= 0.6 is 0 Å². The normalized spacial score (nSPS) is 21.6. The maximum atomic E-state index is 5.59. The lowest BCUT2D eigenvalue weighted by atomic mass is 10.3. The molecule has 1 aromatic rings. The smallest absolute Gasteiger partial charge is 0.242 e. The van der Waals surface area contributed by atoms with E-state index in [-0.39, 0.29) is 0 Å². The van der Waals surface area contributed by atoms with Crippen LogP contribution in [-0.4, -0.2) is 29.4 Å². The molecule has 78 valence electrons. The van der Waals surface area contributed by atoms with E-state index in [0.29, 0.717) is 24.5 Å². The Kier molecular flexibility index (Phi) is 3.10. The second kappa shape index (κ2) is 4.52. The van der Waals surface area contributed by atoms with Crippen LogP contribution in [0.2, 0.25) is 0 Å². The molecule has 0 amide bonds. The first-order valence-corrected chi connectivity index (χ1v) is 5.02. The first-order valence-electron chi connectivity index (χ1n) is 5.02. The van der Waals surface area contributed by atoms with Gasteiger partial charge in [0.2, 0.25) is 11.8 Å². The van der Waals surface area contributed by atoms with Gasteiger partial charge in [-0.05, 0) is 13.0 Å². The molecule has 1 aliphatic rings.